The Morgan fingerprint density at radius 1 is 1.00 bits per heavy atom. The van der Waals surface area contributed by atoms with Crippen LogP contribution in [0.4, 0.5) is 13.2 Å². The van der Waals surface area contributed by atoms with E-state index < -0.39 is 17.6 Å². The highest BCUT2D eigenvalue weighted by molar-refractivity contribution is 7.99. The molecule has 0 aliphatic rings. The smallest absolute Gasteiger partial charge is 0.272 e. The van der Waals surface area contributed by atoms with Crippen LogP contribution in [0.1, 0.15) is 11.1 Å². The quantitative estimate of drug-likeness (QED) is 0.190. The molecule has 0 saturated carbocycles. The van der Waals surface area contributed by atoms with Crippen LogP contribution in [0.25, 0.3) is 17.1 Å². The number of thioether (sulfide) groups is 1. The summed E-state index contributed by atoms with van der Waals surface area (Å²) in [5.74, 6) is 0.181. The van der Waals surface area contributed by atoms with Crippen molar-refractivity contribution in [2.45, 2.75) is 11.3 Å². The van der Waals surface area contributed by atoms with E-state index in [1.165, 1.54) is 30.1 Å². The summed E-state index contributed by atoms with van der Waals surface area (Å²) in [5, 5.41) is 13.5. The average Bonchev–Trinajstić information content (AvgIpc) is 3.27. The van der Waals surface area contributed by atoms with Gasteiger partial charge in [-0.2, -0.15) is 18.3 Å². The van der Waals surface area contributed by atoms with Crippen molar-refractivity contribution in [3.05, 3.63) is 95.0 Å². The maximum Gasteiger partial charge on any atom is 0.416 e. The van der Waals surface area contributed by atoms with Crippen molar-refractivity contribution in [1.29, 1.82) is 0 Å². The Bertz CT molecular complexity index is 1320. The van der Waals surface area contributed by atoms with E-state index >= 15 is 0 Å². The molecule has 0 radical (unpaired) electrons. The molecule has 0 aliphatic heterocycles. The van der Waals surface area contributed by atoms with Gasteiger partial charge < -0.3 is 0 Å². The van der Waals surface area contributed by atoms with Gasteiger partial charge >= 0.3 is 6.18 Å². The molecule has 1 N–H and O–H groups in total. The minimum absolute atomic E-state index is 0.00403. The normalized spacial score (nSPS) is 11.7. The lowest BCUT2D eigenvalue weighted by Gasteiger charge is -2.10. The summed E-state index contributed by atoms with van der Waals surface area (Å²) in [4.78, 5) is 12.3. The number of nitrogens with one attached hydrogen (secondary N) is 1. The molecule has 35 heavy (non-hydrogen) atoms. The van der Waals surface area contributed by atoms with Crippen LogP contribution in [-0.2, 0) is 11.0 Å². The van der Waals surface area contributed by atoms with Gasteiger partial charge in [-0.3, -0.25) is 9.36 Å². The summed E-state index contributed by atoms with van der Waals surface area (Å²) in [6, 6.07) is 21.1. The van der Waals surface area contributed by atoms with E-state index in [0.717, 1.165) is 23.4 Å². The van der Waals surface area contributed by atoms with Gasteiger partial charge in [0.05, 0.1) is 17.5 Å². The third-order valence-corrected chi connectivity index (χ3v) is 5.90. The molecule has 0 spiro atoms. The van der Waals surface area contributed by atoms with E-state index in [1.807, 2.05) is 47.0 Å². The number of hydrazone groups is 1. The fourth-order valence-electron chi connectivity index (χ4n) is 3.06. The first-order valence-corrected chi connectivity index (χ1v) is 11.6. The van der Waals surface area contributed by atoms with Crippen molar-refractivity contribution in [3.8, 4) is 17.1 Å². The standard InChI is InChI=1S/C24H17ClF3N5OS/c25-19-12-8-17(9-13-19)22-31-32-23(33(22)20-4-2-1-3-5-20)35-15-21(34)30-29-14-16-6-10-18(11-7-16)24(26,27)28/h1-14H,15H2,(H,30,34)/b29-14+. The molecular weight excluding hydrogens is 499 g/mol. The van der Waals surface area contributed by atoms with Crippen LogP contribution in [0.15, 0.2) is 89.1 Å². The number of benzene rings is 3. The Morgan fingerprint density at radius 2 is 1.69 bits per heavy atom. The van der Waals surface area contributed by atoms with E-state index in [-0.39, 0.29) is 5.75 Å². The topological polar surface area (TPSA) is 72.2 Å². The highest BCUT2D eigenvalue weighted by atomic mass is 35.5. The molecule has 0 bridgehead atoms. The Morgan fingerprint density at radius 3 is 2.34 bits per heavy atom. The molecule has 178 valence electrons. The molecule has 4 rings (SSSR count). The second-order valence-electron chi connectivity index (χ2n) is 7.19. The Balaban J connectivity index is 1.44. The molecule has 1 amide bonds. The predicted molar refractivity (Wildman–Crippen MR) is 130 cm³/mol. The first kappa shape index (κ1) is 24.5. The largest absolute Gasteiger partial charge is 0.416 e. The number of alkyl halides is 3. The van der Waals surface area contributed by atoms with E-state index in [0.29, 0.717) is 21.6 Å². The molecule has 0 unspecified atom stereocenters. The molecule has 11 heteroatoms. The Hall–Kier alpha value is -3.63. The van der Waals surface area contributed by atoms with Gasteiger partial charge in [0.15, 0.2) is 11.0 Å². The van der Waals surface area contributed by atoms with Crippen LogP contribution < -0.4 is 5.43 Å². The second-order valence-corrected chi connectivity index (χ2v) is 8.56. The highest BCUT2D eigenvalue weighted by Crippen LogP contribution is 2.29. The number of carbonyl (C=O) groups excluding carboxylic acids is 1. The van der Waals surface area contributed by atoms with Gasteiger partial charge in [0, 0.05) is 16.3 Å². The average molecular weight is 516 g/mol. The van der Waals surface area contributed by atoms with Crippen LogP contribution in [0.2, 0.25) is 5.02 Å². The number of rotatable bonds is 7. The van der Waals surface area contributed by atoms with Gasteiger partial charge in [-0.15, -0.1) is 10.2 Å². The zero-order valence-corrected chi connectivity index (χ0v) is 19.5. The maximum atomic E-state index is 12.6. The molecule has 3 aromatic carbocycles. The van der Waals surface area contributed by atoms with Gasteiger partial charge in [0.25, 0.3) is 5.91 Å². The Kier molecular flexibility index (Phi) is 7.52. The first-order valence-electron chi connectivity index (χ1n) is 10.2. The minimum atomic E-state index is -4.41. The number of hydrogen-bond acceptors (Lipinski definition) is 5. The molecule has 0 fully saturated rings. The summed E-state index contributed by atoms with van der Waals surface area (Å²) in [6.45, 7) is 0. The highest BCUT2D eigenvalue weighted by Gasteiger charge is 2.29. The number of aromatic nitrogens is 3. The summed E-state index contributed by atoms with van der Waals surface area (Å²) >= 11 is 7.18. The number of hydrogen-bond donors (Lipinski definition) is 1. The van der Waals surface area contributed by atoms with Gasteiger partial charge in [0.1, 0.15) is 0 Å². The molecule has 1 heterocycles. The molecule has 0 saturated heterocycles. The number of para-hydroxylation sites is 1. The van der Waals surface area contributed by atoms with Crippen LogP contribution in [0.3, 0.4) is 0 Å². The van der Waals surface area contributed by atoms with Crippen LogP contribution >= 0.6 is 23.4 Å². The van der Waals surface area contributed by atoms with E-state index in [4.69, 9.17) is 11.6 Å². The number of carbonyl (C=O) groups is 1. The molecule has 6 nitrogen and oxygen atoms in total. The fraction of sp³-hybridized carbons (Fsp3) is 0.0833. The summed E-state index contributed by atoms with van der Waals surface area (Å²) in [6.07, 6.45) is -3.14. The zero-order valence-electron chi connectivity index (χ0n) is 17.9. The van der Waals surface area contributed by atoms with Gasteiger partial charge in [-0.25, -0.2) is 5.43 Å². The van der Waals surface area contributed by atoms with Crippen molar-refractivity contribution in [3.63, 3.8) is 0 Å². The maximum absolute atomic E-state index is 12.6. The predicted octanol–water partition coefficient (Wildman–Crippen LogP) is 5.85. The zero-order chi connectivity index (χ0) is 24.8. The Labute approximate surface area is 207 Å². The number of nitrogens with zero attached hydrogens (tertiary/aromatic N) is 4. The van der Waals surface area contributed by atoms with Crippen LogP contribution in [0, 0.1) is 0 Å². The molecule has 4 aromatic rings. The van der Waals surface area contributed by atoms with Gasteiger partial charge in [0.2, 0.25) is 0 Å². The van der Waals surface area contributed by atoms with Gasteiger partial charge in [-0.1, -0.05) is 53.7 Å². The van der Waals surface area contributed by atoms with E-state index in [9.17, 15) is 18.0 Å². The lowest BCUT2D eigenvalue weighted by molar-refractivity contribution is -0.137. The number of halogens is 4. The van der Waals surface area contributed by atoms with Crippen molar-refractivity contribution >= 4 is 35.5 Å². The minimum Gasteiger partial charge on any atom is -0.272 e. The fourth-order valence-corrected chi connectivity index (χ4v) is 3.93. The lowest BCUT2D eigenvalue weighted by atomic mass is 10.1. The second kappa shape index (κ2) is 10.7. The first-order chi connectivity index (χ1) is 16.8. The SMILES string of the molecule is O=C(CSc1nnc(-c2ccc(Cl)cc2)n1-c1ccccc1)N/N=C/c1ccc(C(F)(F)F)cc1. The van der Waals surface area contributed by atoms with Crippen LogP contribution in [-0.4, -0.2) is 32.6 Å². The summed E-state index contributed by atoms with van der Waals surface area (Å²) < 4.78 is 39.8. The van der Waals surface area contributed by atoms with Crippen molar-refractivity contribution in [2.24, 2.45) is 5.10 Å². The van der Waals surface area contributed by atoms with Crippen LogP contribution in [0.5, 0.6) is 0 Å². The van der Waals surface area contributed by atoms with Crippen molar-refractivity contribution in [1.82, 2.24) is 20.2 Å². The third kappa shape index (κ3) is 6.28. The summed E-state index contributed by atoms with van der Waals surface area (Å²) in [7, 11) is 0. The van der Waals surface area contributed by atoms with E-state index in [2.05, 4.69) is 20.7 Å². The number of amides is 1. The van der Waals surface area contributed by atoms with Crippen molar-refractivity contribution < 1.29 is 18.0 Å². The molecule has 0 atom stereocenters. The summed E-state index contributed by atoms with van der Waals surface area (Å²) in [5.41, 5.74) is 3.66. The molecule has 1 aromatic heterocycles. The van der Waals surface area contributed by atoms with Gasteiger partial charge in [-0.05, 0) is 54.1 Å². The van der Waals surface area contributed by atoms with E-state index in [1.54, 1.807) is 12.1 Å². The molecule has 0 aliphatic carbocycles. The lowest BCUT2D eigenvalue weighted by Crippen LogP contribution is -2.20. The van der Waals surface area contributed by atoms with Crippen molar-refractivity contribution in [2.75, 3.05) is 5.75 Å². The monoisotopic (exact) mass is 515 g/mol. The third-order valence-electron chi connectivity index (χ3n) is 4.72. The molecular formula is C24H17ClF3N5OS.